The predicted molar refractivity (Wildman–Crippen MR) is 117 cm³/mol. The molecule has 0 radical (unpaired) electrons. The lowest BCUT2D eigenvalue weighted by Crippen LogP contribution is -2.51. The molecule has 0 bridgehead atoms. The standard InChI is InChI=1S/C18H22N8.HI/c19-17(20-8-9-26-14-23-15-4-1-2-5-16(15)26)24-10-12-25(13-11-24)18-21-6-3-7-22-18;/h1-7,14H,8-13H2,(H2,19,20);1H. The molecule has 3 heterocycles. The van der Waals surface area contributed by atoms with Crippen LogP contribution in [-0.2, 0) is 6.54 Å². The number of imidazole rings is 1. The van der Waals surface area contributed by atoms with Gasteiger partial charge in [0.15, 0.2) is 5.96 Å². The normalized spacial score (nSPS) is 15.0. The Kier molecular flexibility index (Phi) is 6.43. The van der Waals surface area contributed by atoms with Gasteiger partial charge in [0, 0.05) is 45.1 Å². The molecule has 0 saturated carbocycles. The largest absolute Gasteiger partial charge is 0.370 e. The van der Waals surface area contributed by atoms with E-state index in [1.54, 1.807) is 12.4 Å². The molecular formula is C18H23IN8. The number of fused-ring (bicyclic) bond motifs is 1. The molecule has 2 aromatic heterocycles. The van der Waals surface area contributed by atoms with E-state index in [-0.39, 0.29) is 24.0 Å². The van der Waals surface area contributed by atoms with Gasteiger partial charge in [0.2, 0.25) is 5.95 Å². The van der Waals surface area contributed by atoms with Crippen LogP contribution in [0.3, 0.4) is 0 Å². The first-order valence-electron chi connectivity index (χ1n) is 8.78. The zero-order valence-electron chi connectivity index (χ0n) is 15.0. The second-order valence-corrected chi connectivity index (χ2v) is 6.19. The minimum atomic E-state index is 0. The first-order chi connectivity index (χ1) is 12.8. The fraction of sp³-hybridized carbons (Fsp3) is 0.333. The summed E-state index contributed by atoms with van der Waals surface area (Å²) in [6.45, 7) is 4.72. The summed E-state index contributed by atoms with van der Waals surface area (Å²) < 4.78 is 2.11. The topological polar surface area (TPSA) is 88.5 Å². The van der Waals surface area contributed by atoms with Crippen LogP contribution in [0.1, 0.15) is 0 Å². The predicted octanol–water partition coefficient (Wildman–Crippen LogP) is 1.58. The molecule has 0 spiro atoms. The first-order valence-corrected chi connectivity index (χ1v) is 8.78. The summed E-state index contributed by atoms with van der Waals surface area (Å²) in [5, 5.41) is 0. The molecule has 3 aromatic rings. The molecule has 1 aromatic carbocycles. The van der Waals surface area contributed by atoms with Crippen LogP contribution in [0.15, 0.2) is 54.0 Å². The molecule has 1 aliphatic heterocycles. The summed E-state index contributed by atoms with van der Waals surface area (Å²) >= 11 is 0. The van der Waals surface area contributed by atoms with Crippen LogP contribution in [0.2, 0.25) is 0 Å². The summed E-state index contributed by atoms with van der Waals surface area (Å²) in [6, 6.07) is 9.93. The third-order valence-electron chi connectivity index (χ3n) is 4.58. The quantitative estimate of drug-likeness (QED) is 0.348. The van der Waals surface area contributed by atoms with Crippen molar-refractivity contribution in [2.75, 3.05) is 37.6 Å². The maximum atomic E-state index is 6.19. The van der Waals surface area contributed by atoms with Crippen LogP contribution in [0.5, 0.6) is 0 Å². The minimum absolute atomic E-state index is 0. The van der Waals surface area contributed by atoms with E-state index < -0.39 is 0 Å². The van der Waals surface area contributed by atoms with Crippen molar-refractivity contribution in [3.63, 3.8) is 0 Å². The molecule has 2 N–H and O–H groups in total. The Balaban J connectivity index is 0.00000210. The van der Waals surface area contributed by atoms with Crippen LogP contribution < -0.4 is 10.6 Å². The van der Waals surface area contributed by atoms with Crippen molar-refractivity contribution in [2.24, 2.45) is 10.7 Å². The smallest absolute Gasteiger partial charge is 0.225 e. The molecule has 142 valence electrons. The highest BCUT2D eigenvalue weighted by atomic mass is 127. The number of nitrogens with zero attached hydrogens (tertiary/aromatic N) is 7. The number of hydrogen-bond donors (Lipinski definition) is 1. The van der Waals surface area contributed by atoms with Crippen LogP contribution in [-0.4, -0.2) is 63.1 Å². The van der Waals surface area contributed by atoms with Crippen molar-refractivity contribution in [3.8, 4) is 0 Å². The number of hydrogen-bond acceptors (Lipinski definition) is 5. The van der Waals surface area contributed by atoms with Gasteiger partial charge in [0.25, 0.3) is 0 Å². The third-order valence-corrected chi connectivity index (χ3v) is 4.58. The molecule has 1 saturated heterocycles. The van der Waals surface area contributed by atoms with Crippen LogP contribution in [0.4, 0.5) is 5.95 Å². The maximum Gasteiger partial charge on any atom is 0.225 e. The van der Waals surface area contributed by atoms with E-state index in [1.807, 2.05) is 30.6 Å². The van der Waals surface area contributed by atoms with Crippen LogP contribution in [0.25, 0.3) is 11.0 Å². The van der Waals surface area contributed by atoms with E-state index >= 15 is 0 Å². The molecule has 27 heavy (non-hydrogen) atoms. The number of anilines is 1. The van der Waals surface area contributed by atoms with Gasteiger partial charge in [-0.2, -0.15) is 0 Å². The molecule has 9 heteroatoms. The lowest BCUT2D eigenvalue weighted by molar-refractivity contribution is 0.378. The van der Waals surface area contributed by atoms with Gasteiger partial charge in [-0.3, -0.25) is 4.99 Å². The number of benzene rings is 1. The van der Waals surface area contributed by atoms with E-state index in [0.717, 1.165) is 49.7 Å². The van der Waals surface area contributed by atoms with E-state index in [2.05, 4.69) is 40.4 Å². The number of para-hydroxylation sites is 2. The highest BCUT2D eigenvalue weighted by molar-refractivity contribution is 14.0. The summed E-state index contributed by atoms with van der Waals surface area (Å²) in [5.74, 6) is 1.37. The van der Waals surface area contributed by atoms with Crippen molar-refractivity contribution in [1.29, 1.82) is 0 Å². The van der Waals surface area contributed by atoms with Crippen molar-refractivity contribution in [1.82, 2.24) is 24.4 Å². The number of nitrogens with two attached hydrogens (primary N) is 1. The average molecular weight is 478 g/mol. The fourth-order valence-corrected chi connectivity index (χ4v) is 3.15. The number of rotatable bonds is 4. The summed E-state index contributed by atoms with van der Waals surface area (Å²) in [7, 11) is 0. The Morgan fingerprint density at radius 2 is 1.74 bits per heavy atom. The Labute approximate surface area is 175 Å². The van der Waals surface area contributed by atoms with Gasteiger partial charge in [0.1, 0.15) is 0 Å². The van der Waals surface area contributed by atoms with E-state index in [9.17, 15) is 0 Å². The minimum Gasteiger partial charge on any atom is -0.370 e. The molecule has 0 amide bonds. The second kappa shape index (κ2) is 8.98. The highest BCUT2D eigenvalue weighted by Gasteiger charge is 2.19. The summed E-state index contributed by atoms with van der Waals surface area (Å²) in [4.78, 5) is 21.8. The van der Waals surface area contributed by atoms with E-state index in [0.29, 0.717) is 12.5 Å². The van der Waals surface area contributed by atoms with Crippen molar-refractivity contribution in [2.45, 2.75) is 6.54 Å². The van der Waals surface area contributed by atoms with Crippen molar-refractivity contribution in [3.05, 3.63) is 49.1 Å². The molecule has 0 atom stereocenters. The maximum absolute atomic E-state index is 6.19. The molecule has 4 rings (SSSR count). The highest BCUT2D eigenvalue weighted by Crippen LogP contribution is 2.12. The number of piperazine rings is 1. The Morgan fingerprint density at radius 3 is 2.52 bits per heavy atom. The van der Waals surface area contributed by atoms with Crippen LogP contribution in [0, 0.1) is 0 Å². The number of aromatic nitrogens is 4. The average Bonchev–Trinajstić information content (AvgIpc) is 3.12. The zero-order chi connectivity index (χ0) is 17.8. The molecule has 0 unspecified atom stereocenters. The fourth-order valence-electron chi connectivity index (χ4n) is 3.15. The second-order valence-electron chi connectivity index (χ2n) is 6.19. The van der Waals surface area contributed by atoms with Gasteiger partial charge in [-0.25, -0.2) is 15.0 Å². The zero-order valence-corrected chi connectivity index (χ0v) is 17.3. The molecule has 8 nitrogen and oxygen atoms in total. The summed E-state index contributed by atoms with van der Waals surface area (Å²) in [6.07, 6.45) is 5.39. The number of halogens is 1. The third kappa shape index (κ3) is 4.46. The summed E-state index contributed by atoms with van der Waals surface area (Å²) in [5.41, 5.74) is 8.31. The van der Waals surface area contributed by atoms with Crippen LogP contribution >= 0.6 is 24.0 Å². The molecule has 1 aliphatic rings. The Hall–Kier alpha value is -2.43. The molecule has 0 aliphatic carbocycles. The van der Waals surface area contributed by atoms with Gasteiger partial charge in [0.05, 0.1) is 23.9 Å². The van der Waals surface area contributed by atoms with Gasteiger partial charge in [-0.15, -0.1) is 24.0 Å². The van der Waals surface area contributed by atoms with Gasteiger partial charge < -0.3 is 20.1 Å². The molecule has 1 fully saturated rings. The van der Waals surface area contributed by atoms with Gasteiger partial charge in [-0.05, 0) is 18.2 Å². The first kappa shape index (κ1) is 19.3. The van der Waals surface area contributed by atoms with Crippen molar-refractivity contribution < 1.29 is 0 Å². The SMILES string of the molecule is I.NC(=NCCn1cnc2ccccc21)N1CCN(c2ncccn2)CC1. The Morgan fingerprint density at radius 1 is 1.00 bits per heavy atom. The molecular weight excluding hydrogens is 455 g/mol. The van der Waals surface area contributed by atoms with Gasteiger partial charge in [-0.1, -0.05) is 12.1 Å². The monoisotopic (exact) mass is 478 g/mol. The lowest BCUT2D eigenvalue weighted by atomic mass is 10.3. The lowest BCUT2D eigenvalue weighted by Gasteiger charge is -2.35. The number of aliphatic imine (C=N–C) groups is 1. The Bertz CT molecular complexity index is 887. The van der Waals surface area contributed by atoms with Crippen molar-refractivity contribution >= 4 is 46.9 Å². The van der Waals surface area contributed by atoms with Gasteiger partial charge >= 0.3 is 0 Å². The van der Waals surface area contributed by atoms with E-state index in [4.69, 9.17) is 5.73 Å². The van der Waals surface area contributed by atoms with E-state index in [1.165, 1.54) is 0 Å². The number of guanidine groups is 1.